The zero-order chi connectivity index (χ0) is 9.26. The number of benzene rings is 1. The van der Waals surface area contributed by atoms with Crippen LogP contribution in [0.2, 0.25) is 0 Å². The van der Waals surface area contributed by atoms with Gasteiger partial charge in [0.15, 0.2) is 0 Å². The summed E-state index contributed by atoms with van der Waals surface area (Å²) in [6.45, 7) is 1.04. The second-order valence-electron chi connectivity index (χ2n) is 3.07. The highest BCUT2D eigenvalue weighted by Gasteiger charge is 2.25. The fourth-order valence-corrected chi connectivity index (χ4v) is 1.39. The van der Waals surface area contributed by atoms with E-state index in [0.717, 1.165) is 18.0 Å². The molecule has 3 nitrogen and oxygen atoms in total. The summed E-state index contributed by atoms with van der Waals surface area (Å²) in [5.74, 6) is 1.73. The number of hydrogen-bond acceptors (Lipinski definition) is 3. The second kappa shape index (κ2) is 3.26. The Bertz CT molecular complexity index is 308. The molecule has 0 aromatic heterocycles. The van der Waals surface area contributed by atoms with Gasteiger partial charge < -0.3 is 14.8 Å². The van der Waals surface area contributed by atoms with Gasteiger partial charge in [-0.2, -0.15) is 0 Å². The van der Waals surface area contributed by atoms with Crippen molar-refractivity contribution in [3.8, 4) is 11.5 Å². The minimum absolute atomic E-state index is 0.473. The first kappa shape index (κ1) is 8.38. The molecule has 1 atom stereocenters. The van der Waals surface area contributed by atoms with Crippen molar-refractivity contribution in [1.29, 1.82) is 0 Å². The molecule has 1 heterocycles. The zero-order valence-corrected chi connectivity index (χ0v) is 7.83. The Balaban J connectivity index is 2.33. The molecule has 0 bridgehead atoms. The molecule has 1 fully saturated rings. The first-order chi connectivity index (χ1) is 6.35. The molecule has 2 rings (SSSR count). The maximum absolute atomic E-state index is 5.27. The van der Waals surface area contributed by atoms with Crippen molar-refractivity contribution < 1.29 is 9.47 Å². The molecule has 1 saturated heterocycles. The Morgan fingerprint density at radius 3 is 2.62 bits per heavy atom. The normalized spacial score (nSPS) is 19.7. The quantitative estimate of drug-likeness (QED) is 0.712. The summed E-state index contributed by atoms with van der Waals surface area (Å²) in [5, 5.41) is 3.24. The molecule has 70 valence electrons. The Labute approximate surface area is 77.7 Å². The third-order valence-electron chi connectivity index (χ3n) is 2.22. The lowest BCUT2D eigenvalue weighted by atomic mass is 10.1. The van der Waals surface area contributed by atoms with E-state index in [9.17, 15) is 0 Å². The summed E-state index contributed by atoms with van der Waals surface area (Å²) in [6.07, 6.45) is 0. The standard InChI is InChI=1S/C10H13NO2/c1-12-7-3-4-8(9-6-11-9)10(5-7)13-2/h3-5,9,11H,6H2,1-2H3. The van der Waals surface area contributed by atoms with Gasteiger partial charge in [0.25, 0.3) is 0 Å². The van der Waals surface area contributed by atoms with Gasteiger partial charge in [-0.15, -0.1) is 0 Å². The Morgan fingerprint density at radius 1 is 1.31 bits per heavy atom. The molecule has 0 aliphatic carbocycles. The highest BCUT2D eigenvalue weighted by Crippen LogP contribution is 2.33. The van der Waals surface area contributed by atoms with E-state index in [-0.39, 0.29) is 0 Å². The smallest absolute Gasteiger partial charge is 0.127 e. The van der Waals surface area contributed by atoms with Gasteiger partial charge in [-0.3, -0.25) is 0 Å². The summed E-state index contributed by atoms with van der Waals surface area (Å²) in [6, 6.07) is 6.39. The van der Waals surface area contributed by atoms with Crippen LogP contribution in [0, 0.1) is 0 Å². The van der Waals surface area contributed by atoms with Crippen molar-refractivity contribution in [3.05, 3.63) is 23.8 Å². The SMILES string of the molecule is COc1ccc(C2CN2)c(OC)c1. The molecule has 0 spiro atoms. The molecule has 1 aliphatic rings. The zero-order valence-electron chi connectivity index (χ0n) is 7.83. The number of rotatable bonds is 3. The predicted octanol–water partition coefficient (Wildman–Crippen LogP) is 1.35. The van der Waals surface area contributed by atoms with Gasteiger partial charge in [-0.05, 0) is 6.07 Å². The first-order valence-corrected chi connectivity index (χ1v) is 4.30. The lowest BCUT2D eigenvalue weighted by molar-refractivity contribution is 0.391. The van der Waals surface area contributed by atoms with Gasteiger partial charge in [0.1, 0.15) is 11.5 Å². The molecule has 1 aromatic rings. The lowest BCUT2D eigenvalue weighted by Crippen LogP contribution is -1.93. The predicted molar refractivity (Wildman–Crippen MR) is 50.3 cm³/mol. The summed E-state index contributed by atoms with van der Waals surface area (Å²) < 4.78 is 10.4. The Morgan fingerprint density at radius 2 is 2.08 bits per heavy atom. The van der Waals surface area contributed by atoms with E-state index in [1.165, 1.54) is 5.56 Å². The molecule has 0 radical (unpaired) electrons. The van der Waals surface area contributed by atoms with E-state index in [2.05, 4.69) is 5.32 Å². The minimum Gasteiger partial charge on any atom is -0.497 e. The molecule has 1 unspecified atom stereocenters. The number of ether oxygens (including phenoxy) is 2. The molecule has 0 saturated carbocycles. The van der Waals surface area contributed by atoms with Crippen molar-refractivity contribution >= 4 is 0 Å². The topological polar surface area (TPSA) is 40.4 Å². The van der Waals surface area contributed by atoms with Gasteiger partial charge in [0.2, 0.25) is 0 Å². The van der Waals surface area contributed by atoms with Crippen LogP contribution in [0.4, 0.5) is 0 Å². The number of methoxy groups -OCH3 is 2. The van der Waals surface area contributed by atoms with Crippen molar-refractivity contribution in [3.63, 3.8) is 0 Å². The van der Waals surface area contributed by atoms with Crippen LogP contribution in [0.1, 0.15) is 11.6 Å². The highest BCUT2D eigenvalue weighted by atomic mass is 16.5. The summed E-state index contributed by atoms with van der Waals surface area (Å²) in [5.41, 5.74) is 1.21. The van der Waals surface area contributed by atoms with Crippen LogP contribution in [0.5, 0.6) is 11.5 Å². The first-order valence-electron chi connectivity index (χ1n) is 4.30. The molecular formula is C10H13NO2. The third-order valence-corrected chi connectivity index (χ3v) is 2.22. The summed E-state index contributed by atoms with van der Waals surface area (Å²) >= 11 is 0. The molecule has 1 aromatic carbocycles. The van der Waals surface area contributed by atoms with Crippen LogP contribution in [-0.2, 0) is 0 Å². The van der Waals surface area contributed by atoms with Crippen molar-refractivity contribution in [1.82, 2.24) is 5.32 Å². The lowest BCUT2D eigenvalue weighted by Gasteiger charge is -2.08. The van der Waals surface area contributed by atoms with E-state index in [0.29, 0.717) is 6.04 Å². The van der Waals surface area contributed by atoms with Crippen molar-refractivity contribution in [2.45, 2.75) is 6.04 Å². The fourth-order valence-electron chi connectivity index (χ4n) is 1.39. The van der Waals surface area contributed by atoms with Gasteiger partial charge in [-0.1, -0.05) is 6.07 Å². The van der Waals surface area contributed by atoms with Crippen LogP contribution >= 0.6 is 0 Å². The minimum atomic E-state index is 0.473. The van der Waals surface area contributed by atoms with E-state index in [1.54, 1.807) is 14.2 Å². The maximum atomic E-state index is 5.27. The third kappa shape index (κ3) is 1.60. The van der Waals surface area contributed by atoms with E-state index in [4.69, 9.17) is 9.47 Å². The highest BCUT2D eigenvalue weighted by molar-refractivity contribution is 5.44. The molecule has 0 amide bonds. The van der Waals surface area contributed by atoms with Gasteiger partial charge in [0.05, 0.1) is 14.2 Å². The van der Waals surface area contributed by atoms with Gasteiger partial charge in [0, 0.05) is 24.2 Å². The molecule has 1 aliphatic heterocycles. The monoisotopic (exact) mass is 179 g/mol. The van der Waals surface area contributed by atoms with E-state index < -0.39 is 0 Å². The van der Waals surface area contributed by atoms with E-state index in [1.807, 2.05) is 18.2 Å². The summed E-state index contributed by atoms with van der Waals surface area (Å²) in [4.78, 5) is 0. The Kier molecular flexibility index (Phi) is 2.10. The van der Waals surface area contributed by atoms with Crippen LogP contribution in [0.25, 0.3) is 0 Å². The number of hydrogen-bond donors (Lipinski definition) is 1. The van der Waals surface area contributed by atoms with Gasteiger partial charge >= 0.3 is 0 Å². The molecule has 1 N–H and O–H groups in total. The van der Waals surface area contributed by atoms with Crippen LogP contribution in [0.3, 0.4) is 0 Å². The number of nitrogens with one attached hydrogen (secondary N) is 1. The molecular weight excluding hydrogens is 166 g/mol. The Hall–Kier alpha value is -1.22. The van der Waals surface area contributed by atoms with Crippen LogP contribution in [0.15, 0.2) is 18.2 Å². The van der Waals surface area contributed by atoms with Crippen LogP contribution in [-0.4, -0.2) is 20.8 Å². The van der Waals surface area contributed by atoms with Gasteiger partial charge in [-0.25, -0.2) is 0 Å². The van der Waals surface area contributed by atoms with Crippen molar-refractivity contribution in [2.75, 3.05) is 20.8 Å². The maximum Gasteiger partial charge on any atom is 0.127 e. The van der Waals surface area contributed by atoms with E-state index >= 15 is 0 Å². The average Bonchev–Trinajstić information content (AvgIpc) is 3.00. The largest absolute Gasteiger partial charge is 0.497 e. The molecule has 3 heteroatoms. The second-order valence-corrected chi connectivity index (χ2v) is 3.07. The van der Waals surface area contributed by atoms with Crippen LogP contribution < -0.4 is 14.8 Å². The fraction of sp³-hybridized carbons (Fsp3) is 0.400. The molecule has 13 heavy (non-hydrogen) atoms. The van der Waals surface area contributed by atoms with Crippen molar-refractivity contribution in [2.24, 2.45) is 0 Å². The summed E-state index contributed by atoms with van der Waals surface area (Å²) in [7, 11) is 3.34. The average molecular weight is 179 g/mol.